The number of hydrogen-bond donors (Lipinski definition) is 2. The van der Waals surface area contributed by atoms with Gasteiger partial charge in [-0.25, -0.2) is 9.18 Å². The van der Waals surface area contributed by atoms with E-state index < -0.39 is 36.4 Å². The summed E-state index contributed by atoms with van der Waals surface area (Å²) >= 11 is 0. The lowest BCUT2D eigenvalue weighted by molar-refractivity contribution is -0.133. The zero-order chi connectivity index (χ0) is 15.6. The highest BCUT2D eigenvalue weighted by molar-refractivity contribution is 5.03. The van der Waals surface area contributed by atoms with Crippen LogP contribution < -0.4 is 5.69 Å². The zero-order valence-electron chi connectivity index (χ0n) is 12.2. The highest BCUT2D eigenvalue weighted by atomic mass is 19.1. The van der Waals surface area contributed by atoms with Gasteiger partial charge in [0, 0.05) is 11.9 Å². The predicted molar refractivity (Wildman–Crippen MR) is 73.6 cm³/mol. The summed E-state index contributed by atoms with van der Waals surface area (Å²) in [6.45, 7) is 3.10. The topological polar surface area (TPSA) is 84.6 Å². The van der Waals surface area contributed by atoms with E-state index in [-0.39, 0.29) is 0 Å². The summed E-state index contributed by atoms with van der Waals surface area (Å²) in [4.78, 5) is 15.6. The molecular weight excluding hydrogens is 279 g/mol. The molecule has 0 radical (unpaired) electrons. The normalized spacial score (nSPS) is 32.5. The molecule has 1 aromatic rings. The summed E-state index contributed by atoms with van der Waals surface area (Å²) in [5.41, 5.74) is -1.49. The maximum absolute atomic E-state index is 14.4. The van der Waals surface area contributed by atoms with Crippen LogP contribution in [-0.2, 0) is 4.74 Å². The summed E-state index contributed by atoms with van der Waals surface area (Å²) in [7, 11) is 0. The van der Waals surface area contributed by atoms with E-state index in [0.29, 0.717) is 18.5 Å². The van der Waals surface area contributed by atoms with Gasteiger partial charge in [-0.15, -0.1) is 0 Å². The van der Waals surface area contributed by atoms with Crippen LogP contribution in [0.15, 0.2) is 17.1 Å². The van der Waals surface area contributed by atoms with Crippen LogP contribution in [0.2, 0.25) is 0 Å². The van der Waals surface area contributed by atoms with Crippen LogP contribution in [-0.4, -0.2) is 44.2 Å². The fourth-order valence-corrected chi connectivity index (χ4v) is 2.62. The quantitative estimate of drug-likeness (QED) is 0.836. The van der Waals surface area contributed by atoms with Gasteiger partial charge in [0.05, 0.1) is 6.61 Å². The molecule has 0 unspecified atom stereocenters. The second-order valence-corrected chi connectivity index (χ2v) is 5.48. The van der Waals surface area contributed by atoms with Gasteiger partial charge in [0.1, 0.15) is 11.7 Å². The average Bonchev–Trinajstić information content (AvgIpc) is 2.71. The van der Waals surface area contributed by atoms with Gasteiger partial charge in [0.15, 0.2) is 12.4 Å². The highest BCUT2D eigenvalue weighted by Crippen LogP contribution is 2.41. The second kappa shape index (κ2) is 6.21. The van der Waals surface area contributed by atoms with Gasteiger partial charge in [-0.2, -0.15) is 4.98 Å². The predicted octanol–water partition coefficient (Wildman–Crippen LogP) is 0.701. The van der Waals surface area contributed by atoms with Crippen LogP contribution in [0.25, 0.3) is 0 Å². The number of halogens is 1. The first-order valence-electron chi connectivity index (χ1n) is 7.12. The molecule has 1 saturated heterocycles. The van der Waals surface area contributed by atoms with Gasteiger partial charge in [0.2, 0.25) is 0 Å². The average molecular weight is 300 g/mol. The third-order valence-corrected chi connectivity index (χ3v) is 3.93. The number of nitrogens with zero attached hydrogens (tertiary/aromatic N) is 2. The third-order valence-electron chi connectivity index (χ3n) is 3.93. The lowest BCUT2D eigenvalue weighted by Crippen LogP contribution is -2.45. The number of aliphatic hydroxyl groups excluding tert-OH is 2. The molecule has 0 saturated carbocycles. The van der Waals surface area contributed by atoms with Crippen molar-refractivity contribution in [1.82, 2.24) is 9.55 Å². The Labute approximate surface area is 122 Å². The molecule has 2 heterocycles. The molecule has 0 spiro atoms. The monoisotopic (exact) mass is 300 g/mol. The van der Waals surface area contributed by atoms with Crippen LogP contribution >= 0.6 is 0 Å². The van der Waals surface area contributed by atoms with Crippen molar-refractivity contribution in [3.05, 3.63) is 28.4 Å². The Balaban J connectivity index is 2.32. The molecule has 21 heavy (non-hydrogen) atoms. The maximum Gasteiger partial charge on any atom is 0.349 e. The molecule has 1 aliphatic heterocycles. The molecule has 0 aromatic carbocycles. The van der Waals surface area contributed by atoms with Crippen molar-refractivity contribution in [3.8, 4) is 0 Å². The summed E-state index contributed by atoms with van der Waals surface area (Å²) in [5, 5.41) is 19.7. The number of alkyl halides is 1. The minimum Gasteiger partial charge on any atom is -0.393 e. The molecule has 0 bridgehead atoms. The molecule has 1 fully saturated rings. The number of aromatic nitrogens is 2. The van der Waals surface area contributed by atoms with E-state index in [0.717, 1.165) is 11.0 Å². The number of rotatable bonds is 5. The molecule has 1 aliphatic rings. The summed E-state index contributed by atoms with van der Waals surface area (Å²) < 4.78 is 21.0. The van der Waals surface area contributed by atoms with Crippen LogP contribution in [0.4, 0.5) is 4.39 Å². The van der Waals surface area contributed by atoms with Crippen molar-refractivity contribution in [2.45, 2.75) is 57.2 Å². The number of aliphatic hydroxyl groups is 2. The molecule has 118 valence electrons. The first kappa shape index (κ1) is 16.1. The van der Waals surface area contributed by atoms with E-state index in [1.807, 2.05) is 6.92 Å². The van der Waals surface area contributed by atoms with Crippen molar-refractivity contribution >= 4 is 0 Å². The minimum absolute atomic E-state index is 0.326. The number of aryl methyl sites for hydroxylation is 1. The Bertz CT molecular complexity index is 550. The minimum atomic E-state index is -1.80. The summed E-state index contributed by atoms with van der Waals surface area (Å²) in [5.74, 6) is 0. The van der Waals surface area contributed by atoms with Crippen LogP contribution in [0, 0.1) is 6.92 Å². The number of ether oxygens (including phenoxy) is 1. The number of unbranched alkanes of at least 4 members (excludes halogenated alkanes) is 1. The molecular formula is C14H21FN2O4. The number of hydrogen-bond acceptors (Lipinski definition) is 5. The van der Waals surface area contributed by atoms with Crippen molar-refractivity contribution in [2.75, 3.05) is 6.61 Å². The van der Waals surface area contributed by atoms with E-state index in [4.69, 9.17) is 4.74 Å². The lowest BCUT2D eigenvalue weighted by Gasteiger charge is -2.29. The third kappa shape index (κ3) is 2.86. The molecule has 4 atom stereocenters. The Hall–Kier alpha value is -1.31. The van der Waals surface area contributed by atoms with Gasteiger partial charge >= 0.3 is 5.69 Å². The fraction of sp³-hybridized carbons (Fsp3) is 0.714. The Kier molecular flexibility index (Phi) is 4.75. The van der Waals surface area contributed by atoms with Gasteiger partial charge in [-0.1, -0.05) is 19.8 Å². The van der Waals surface area contributed by atoms with Gasteiger partial charge in [-0.3, -0.25) is 4.57 Å². The lowest BCUT2D eigenvalue weighted by atomic mass is 9.91. The SMILES string of the molecule is CCCC[C@]1(CO)O[C@@H](n2ccc(C)nc2=O)[C@H](F)[C@@H]1O. The van der Waals surface area contributed by atoms with Crippen LogP contribution in [0.1, 0.15) is 38.1 Å². The van der Waals surface area contributed by atoms with Crippen molar-refractivity contribution in [3.63, 3.8) is 0 Å². The van der Waals surface area contributed by atoms with E-state index in [1.54, 1.807) is 13.0 Å². The van der Waals surface area contributed by atoms with Crippen LogP contribution in [0.5, 0.6) is 0 Å². The Morgan fingerprint density at radius 2 is 2.29 bits per heavy atom. The van der Waals surface area contributed by atoms with Gasteiger partial charge in [0.25, 0.3) is 0 Å². The smallest absolute Gasteiger partial charge is 0.349 e. The first-order chi connectivity index (χ1) is 9.95. The largest absolute Gasteiger partial charge is 0.393 e. The zero-order valence-corrected chi connectivity index (χ0v) is 12.2. The summed E-state index contributed by atoms with van der Waals surface area (Å²) in [6.07, 6.45) is -1.33. The Morgan fingerprint density at radius 3 is 2.86 bits per heavy atom. The van der Waals surface area contributed by atoms with E-state index in [2.05, 4.69) is 4.98 Å². The van der Waals surface area contributed by atoms with E-state index >= 15 is 0 Å². The molecule has 0 aliphatic carbocycles. The first-order valence-corrected chi connectivity index (χ1v) is 7.12. The molecule has 0 amide bonds. The van der Waals surface area contributed by atoms with Crippen molar-refractivity contribution in [1.29, 1.82) is 0 Å². The molecule has 2 rings (SSSR count). The van der Waals surface area contributed by atoms with E-state index in [1.165, 1.54) is 6.20 Å². The standard InChI is InChI=1S/C14H21FN2O4/c1-3-4-6-14(8-18)11(19)10(15)12(21-14)17-7-5-9(2)16-13(17)20/h5,7,10-12,18-19H,3-4,6,8H2,1-2H3/t10-,11+,12-,14-/m1/s1. The highest BCUT2D eigenvalue weighted by Gasteiger charge is 2.55. The second-order valence-electron chi connectivity index (χ2n) is 5.48. The molecule has 2 N–H and O–H groups in total. The van der Waals surface area contributed by atoms with Crippen molar-refractivity contribution in [2.24, 2.45) is 0 Å². The van der Waals surface area contributed by atoms with Crippen LogP contribution in [0.3, 0.4) is 0 Å². The molecule has 6 nitrogen and oxygen atoms in total. The van der Waals surface area contributed by atoms with Gasteiger partial charge in [-0.05, 0) is 19.4 Å². The summed E-state index contributed by atoms with van der Waals surface area (Å²) in [6, 6.07) is 1.56. The van der Waals surface area contributed by atoms with Crippen molar-refractivity contribution < 1.29 is 19.3 Å². The Morgan fingerprint density at radius 1 is 1.57 bits per heavy atom. The molecule has 1 aromatic heterocycles. The maximum atomic E-state index is 14.4. The molecule has 7 heteroatoms. The fourth-order valence-electron chi connectivity index (χ4n) is 2.62. The van der Waals surface area contributed by atoms with Gasteiger partial charge < -0.3 is 14.9 Å². The van der Waals surface area contributed by atoms with E-state index in [9.17, 15) is 19.4 Å².